The van der Waals surface area contributed by atoms with Crippen molar-refractivity contribution in [1.29, 1.82) is 0 Å². The second-order valence-electron chi connectivity index (χ2n) is 7.09. The maximum absolute atomic E-state index is 12.7. The van der Waals surface area contributed by atoms with Crippen molar-refractivity contribution in [3.63, 3.8) is 0 Å². The van der Waals surface area contributed by atoms with Gasteiger partial charge >= 0.3 is 0 Å². The Hall–Kier alpha value is -0.410. The standard InChI is InChI=1S/C19H34O3/c1-3-13-21-17-9-5-15(6-10-17)19(20)16-7-11-18(12-8-16)22-14-4-2/h15-18H,3-14H2,1-2H3. The second-order valence-corrected chi connectivity index (χ2v) is 7.09. The lowest BCUT2D eigenvalue weighted by atomic mass is 9.75. The van der Waals surface area contributed by atoms with E-state index in [1.165, 1.54) is 0 Å². The van der Waals surface area contributed by atoms with Gasteiger partial charge in [-0.05, 0) is 64.2 Å². The Kier molecular flexibility index (Phi) is 7.88. The van der Waals surface area contributed by atoms with Crippen LogP contribution in [-0.2, 0) is 14.3 Å². The predicted molar refractivity (Wildman–Crippen MR) is 89.0 cm³/mol. The Labute approximate surface area is 136 Å². The topological polar surface area (TPSA) is 35.5 Å². The summed E-state index contributed by atoms with van der Waals surface area (Å²) >= 11 is 0. The van der Waals surface area contributed by atoms with Crippen LogP contribution in [0.15, 0.2) is 0 Å². The van der Waals surface area contributed by atoms with Crippen LogP contribution in [0.4, 0.5) is 0 Å². The molecule has 2 aliphatic carbocycles. The van der Waals surface area contributed by atoms with Gasteiger partial charge in [0.1, 0.15) is 5.78 Å². The number of Topliss-reactive ketones (excluding diaryl/α,β-unsaturated/α-hetero) is 1. The molecule has 0 radical (unpaired) electrons. The quantitative estimate of drug-likeness (QED) is 0.661. The molecular weight excluding hydrogens is 276 g/mol. The van der Waals surface area contributed by atoms with Crippen LogP contribution in [0.3, 0.4) is 0 Å². The summed E-state index contributed by atoms with van der Waals surface area (Å²) in [7, 11) is 0. The van der Waals surface area contributed by atoms with Gasteiger partial charge in [0.05, 0.1) is 12.2 Å². The van der Waals surface area contributed by atoms with Gasteiger partial charge in [0.25, 0.3) is 0 Å². The minimum Gasteiger partial charge on any atom is -0.378 e. The van der Waals surface area contributed by atoms with Gasteiger partial charge in [-0.2, -0.15) is 0 Å². The van der Waals surface area contributed by atoms with Crippen LogP contribution in [0.1, 0.15) is 78.1 Å². The number of ether oxygens (including phenoxy) is 2. The third-order valence-electron chi connectivity index (χ3n) is 5.27. The van der Waals surface area contributed by atoms with Gasteiger partial charge in [0, 0.05) is 25.0 Å². The van der Waals surface area contributed by atoms with Crippen LogP contribution in [0.25, 0.3) is 0 Å². The molecule has 22 heavy (non-hydrogen) atoms. The summed E-state index contributed by atoms with van der Waals surface area (Å²) in [5.74, 6) is 1.15. The molecule has 0 unspecified atom stereocenters. The second kappa shape index (κ2) is 9.67. The lowest BCUT2D eigenvalue weighted by molar-refractivity contribution is -0.130. The van der Waals surface area contributed by atoms with Crippen LogP contribution in [0.5, 0.6) is 0 Å². The average Bonchev–Trinajstić information content (AvgIpc) is 2.58. The summed E-state index contributed by atoms with van der Waals surface area (Å²) in [4.78, 5) is 12.7. The molecule has 2 fully saturated rings. The molecule has 0 aliphatic heterocycles. The Balaban J connectivity index is 1.68. The SMILES string of the molecule is CCCOC1CCC(C(=O)C2CCC(OCCC)CC2)CC1. The third kappa shape index (κ3) is 5.34. The molecule has 0 aromatic carbocycles. The highest BCUT2D eigenvalue weighted by atomic mass is 16.5. The summed E-state index contributed by atoms with van der Waals surface area (Å²) in [6.45, 7) is 6.03. The van der Waals surface area contributed by atoms with E-state index < -0.39 is 0 Å². The highest BCUT2D eigenvalue weighted by Crippen LogP contribution is 2.34. The van der Waals surface area contributed by atoms with Crippen molar-refractivity contribution in [2.45, 2.75) is 90.3 Å². The molecule has 3 heteroatoms. The minimum atomic E-state index is 0.305. The third-order valence-corrected chi connectivity index (χ3v) is 5.27. The molecule has 2 rings (SSSR count). The van der Waals surface area contributed by atoms with Crippen LogP contribution in [0.2, 0.25) is 0 Å². The largest absolute Gasteiger partial charge is 0.378 e. The van der Waals surface area contributed by atoms with Crippen LogP contribution < -0.4 is 0 Å². The maximum Gasteiger partial charge on any atom is 0.139 e. The fourth-order valence-corrected chi connectivity index (χ4v) is 3.93. The van der Waals surface area contributed by atoms with Gasteiger partial charge < -0.3 is 9.47 Å². The lowest BCUT2D eigenvalue weighted by Crippen LogP contribution is -2.33. The number of carbonyl (C=O) groups is 1. The Morgan fingerprint density at radius 1 is 0.727 bits per heavy atom. The summed E-state index contributed by atoms with van der Waals surface area (Å²) in [5, 5.41) is 0. The zero-order valence-electron chi connectivity index (χ0n) is 14.5. The molecule has 0 saturated heterocycles. The molecule has 2 saturated carbocycles. The lowest BCUT2D eigenvalue weighted by Gasteiger charge is -2.33. The highest BCUT2D eigenvalue weighted by Gasteiger charge is 2.33. The van der Waals surface area contributed by atoms with Gasteiger partial charge in [0.2, 0.25) is 0 Å². The summed E-state index contributed by atoms with van der Waals surface area (Å²) < 4.78 is 11.7. The van der Waals surface area contributed by atoms with Crippen LogP contribution in [-0.4, -0.2) is 31.2 Å². The molecule has 3 nitrogen and oxygen atoms in total. The van der Waals surface area contributed by atoms with Gasteiger partial charge in [0.15, 0.2) is 0 Å². The Morgan fingerprint density at radius 2 is 1.09 bits per heavy atom. The van der Waals surface area contributed by atoms with E-state index in [4.69, 9.17) is 9.47 Å². The van der Waals surface area contributed by atoms with Gasteiger partial charge in [-0.25, -0.2) is 0 Å². The number of hydrogen-bond acceptors (Lipinski definition) is 3. The summed E-state index contributed by atoms with van der Waals surface area (Å²) in [5.41, 5.74) is 0. The molecule has 0 aromatic heterocycles. The normalized spacial score (nSPS) is 32.8. The first-order chi connectivity index (χ1) is 10.7. The van der Waals surface area contributed by atoms with E-state index in [0.717, 1.165) is 77.4 Å². The molecule has 0 bridgehead atoms. The van der Waals surface area contributed by atoms with Crippen molar-refractivity contribution >= 4 is 5.78 Å². The van der Waals surface area contributed by atoms with E-state index in [2.05, 4.69) is 13.8 Å². The van der Waals surface area contributed by atoms with E-state index >= 15 is 0 Å². The number of hydrogen-bond donors (Lipinski definition) is 0. The Morgan fingerprint density at radius 3 is 1.41 bits per heavy atom. The smallest absolute Gasteiger partial charge is 0.139 e. The molecule has 0 heterocycles. The van der Waals surface area contributed by atoms with Crippen LogP contribution >= 0.6 is 0 Å². The zero-order valence-corrected chi connectivity index (χ0v) is 14.5. The number of ketones is 1. The van der Waals surface area contributed by atoms with Gasteiger partial charge in [-0.3, -0.25) is 4.79 Å². The fourth-order valence-electron chi connectivity index (χ4n) is 3.93. The Bertz CT molecular complexity index is 283. The van der Waals surface area contributed by atoms with E-state index in [1.54, 1.807) is 0 Å². The first-order valence-corrected chi connectivity index (χ1v) is 9.51. The molecule has 0 N–H and O–H groups in total. The highest BCUT2D eigenvalue weighted by molar-refractivity contribution is 5.83. The first-order valence-electron chi connectivity index (χ1n) is 9.51. The van der Waals surface area contributed by atoms with E-state index in [0.29, 0.717) is 29.8 Å². The predicted octanol–water partition coefficient (Wildman–Crippen LogP) is 4.53. The molecule has 0 aromatic rings. The zero-order chi connectivity index (χ0) is 15.8. The number of carbonyl (C=O) groups excluding carboxylic acids is 1. The van der Waals surface area contributed by atoms with Crippen molar-refractivity contribution in [2.24, 2.45) is 11.8 Å². The molecule has 128 valence electrons. The molecule has 0 spiro atoms. The van der Waals surface area contributed by atoms with E-state index in [-0.39, 0.29) is 0 Å². The number of rotatable bonds is 8. The maximum atomic E-state index is 12.7. The van der Waals surface area contributed by atoms with Crippen molar-refractivity contribution in [2.75, 3.05) is 13.2 Å². The minimum absolute atomic E-state index is 0.305. The van der Waals surface area contributed by atoms with Crippen molar-refractivity contribution < 1.29 is 14.3 Å². The van der Waals surface area contributed by atoms with Gasteiger partial charge in [-0.1, -0.05) is 13.8 Å². The van der Waals surface area contributed by atoms with E-state index in [9.17, 15) is 4.79 Å². The average molecular weight is 310 g/mol. The first kappa shape index (κ1) is 17.9. The van der Waals surface area contributed by atoms with Crippen molar-refractivity contribution in [3.8, 4) is 0 Å². The monoisotopic (exact) mass is 310 g/mol. The van der Waals surface area contributed by atoms with Crippen molar-refractivity contribution in [3.05, 3.63) is 0 Å². The van der Waals surface area contributed by atoms with Crippen molar-refractivity contribution in [1.82, 2.24) is 0 Å². The molecule has 0 amide bonds. The van der Waals surface area contributed by atoms with Crippen LogP contribution in [0, 0.1) is 11.8 Å². The molecule has 0 atom stereocenters. The molecular formula is C19H34O3. The fraction of sp³-hybridized carbons (Fsp3) is 0.947. The summed E-state index contributed by atoms with van der Waals surface area (Å²) in [6.07, 6.45) is 11.4. The van der Waals surface area contributed by atoms with Gasteiger partial charge in [-0.15, -0.1) is 0 Å². The van der Waals surface area contributed by atoms with E-state index in [1.807, 2.05) is 0 Å². The summed E-state index contributed by atoms with van der Waals surface area (Å²) in [6, 6.07) is 0. The molecule has 2 aliphatic rings.